The van der Waals surface area contributed by atoms with E-state index in [0.29, 0.717) is 0 Å². The van der Waals surface area contributed by atoms with Crippen molar-refractivity contribution in [3.8, 4) is 22.9 Å². The zero-order valence-electron chi connectivity index (χ0n) is 17.7. The van der Waals surface area contributed by atoms with E-state index in [2.05, 4.69) is 106 Å². The summed E-state index contributed by atoms with van der Waals surface area (Å²) in [5, 5.41) is 4.99. The molecule has 33 heavy (non-hydrogen) atoms. The summed E-state index contributed by atoms with van der Waals surface area (Å²) < 4.78 is 11.0. The molecule has 1 aliphatic heterocycles. The molecule has 3 heterocycles. The Morgan fingerprint density at radius 2 is 1.09 bits per heavy atom. The molecule has 2 aromatic heterocycles. The molecule has 0 saturated heterocycles. The van der Waals surface area contributed by atoms with Crippen molar-refractivity contribution >= 4 is 43.6 Å². The van der Waals surface area contributed by atoms with Gasteiger partial charge in [0.25, 0.3) is 0 Å². The van der Waals surface area contributed by atoms with Crippen molar-refractivity contribution in [1.82, 2.24) is 9.13 Å². The lowest BCUT2D eigenvalue weighted by Crippen LogP contribution is -2.03. The van der Waals surface area contributed by atoms with Crippen LogP contribution in [0, 0.1) is 0 Å². The predicted molar refractivity (Wildman–Crippen MR) is 135 cm³/mol. The Hall–Kier alpha value is -4.50. The summed E-state index contributed by atoms with van der Waals surface area (Å²) in [6.07, 6.45) is 0. The second-order valence-corrected chi connectivity index (χ2v) is 8.63. The van der Waals surface area contributed by atoms with Crippen LogP contribution in [0.3, 0.4) is 0 Å². The third-order valence-electron chi connectivity index (χ3n) is 6.90. The van der Waals surface area contributed by atoms with Crippen molar-refractivity contribution in [2.45, 2.75) is 0 Å². The Balaban J connectivity index is 1.51. The molecule has 3 nitrogen and oxygen atoms in total. The zero-order valence-corrected chi connectivity index (χ0v) is 17.7. The van der Waals surface area contributed by atoms with E-state index in [9.17, 15) is 0 Å². The van der Waals surface area contributed by atoms with Crippen LogP contribution in [-0.2, 0) is 0 Å². The van der Waals surface area contributed by atoms with Gasteiger partial charge in [0.1, 0.15) is 0 Å². The number of ether oxygens (including phenoxy) is 1. The molecule has 7 aromatic rings. The number of para-hydroxylation sites is 5. The molecular weight excluding hydrogens is 404 g/mol. The van der Waals surface area contributed by atoms with Gasteiger partial charge in [0.2, 0.25) is 0 Å². The lowest BCUT2D eigenvalue weighted by Gasteiger charge is -2.20. The largest absolute Gasteiger partial charge is 0.453 e. The zero-order chi connectivity index (χ0) is 21.5. The number of hydrogen-bond acceptors (Lipinski definition) is 1. The van der Waals surface area contributed by atoms with Gasteiger partial charge in [-0.15, -0.1) is 0 Å². The van der Waals surface area contributed by atoms with Crippen LogP contribution in [0.15, 0.2) is 109 Å². The highest BCUT2D eigenvalue weighted by Gasteiger charge is 2.23. The van der Waals surface area contributed by atoms with Crippen LogP contribution < -0.4 is 4.74 Å². The summed E-state index contributed by atoms with van der Waals surface area (Å²) in [4.78, 5) is 0. The Labute approximate surface area is 189 Å². The third-order valence-corrected chi connectivity index (χ3v) is 6.90. The van der Waals surface area contributed by atoms with E-state index >= 15 is 0 Å². The number of aromatic nitrogens is 2. The van der Waals surface area contributed by atoms with E-state index < -0.39 is 0 Å². The Morgan fingerprint density at radius 1 is 0.455 bits per heavy atom. The van der Waals surface area contributed by atoms with Gasteiger partial charge in [0.05, 0.1) is 27.8 Å². The van der Waals surface area contributed by atoms with E-state index in [1.165, 1.54) is 38.1 Å². The molecule has 0 spiro atoms. The molecular formula is C30H18N2O. The molecule has 0 bridgehead atoms. The van der Waals surface area contributed by atoms with Gasteiger partial charge in [0.15, 0.2) is 11.5 Å². The number of nitrogens with zero attached hydrogens (tertiary/aromatic N) is 2. The molecule has 0 atom stereocenters. The SMILES string of the molecule is c1ccc2c(c1)Oc1cccc3c4cc(-n5c6ccccc6c6ccccc65)ccc4n-2c13. The maximum absolute atomic E-state index is 6.27. The van der Waals surface area contributed by atoms with Crippen LogP contribution in [0.5, 0.6) is 11.5 Å². The number of fused-ring (bicyclic) bond motifs is 8. The lowest BCUT2D eigenvalue weighted by atomic mass is 10.1. The molecule has 0 unspecified atom stereocenters. The summed E-state index contributed by atoms with van der Waals surface area (Å²) in [5.74, 6) is 1.79. The van der Waals surface area contributed by atoms with Crippen molar-refractivity contribution < 1.29 is 4.74 Å². The minimum atomic E-state index is 0.890. The van der Waals surface area contributed by atoms with E-state index in [0.717, 1.165) is 28.4 Å². The highest BCUT2D eigenvalue weighted by molar-refractivity contribution is 6.13. The van der Waals surface area contributed by atoms with Crippen molar-refractivity contribution in [2.75, 3.05) is 0 Å². The first-order valence-electron chi connectivity index (χ1n) is 11.2. The first kappa shape index (κ1) is 17.1. The molecule has 8 rings (SSSR count). The monoisotopic (exact) mass is 422 g/mol. The van der Waals surface area contributed by atoms with Gasteiger partial charge in [-0.2, -0.15) is 0 Å². The molecule has 0 aliphatic carbocycles. The Morgan fingerprint density at radius 3 is 1.91 bits per heavy atom. The fourth-order valence-electron chi connectivity index (χ4n) is 5.54. The molecule has 0 fully saturated rings. The molecule has 1 aliphatic rings. The fraction of sp³-hybridized carbons (Fsp3) is 0. The smallest absolute Gasteiger partial charge is 0.152 e. The summed E-state index contributed by atoms with van der Waals surface area (Å²) in [6.45, 7) is 0. The summed E-state index contributed by atoms with van der Waals surface area (Å²) in [5.41, 5.74) is 7.02. The highest BCUT2D eigenvalue weighted by atomic mass is 16.5. The van der Waals surface area contributed by atoms with E-state index in [-0.39, 0.29) is 0 Å². The highest BCUT2D eigenvalue weighted by Crippen LogP contribution is 2.45. The molecule has 3 heteroatoms. The van der Waals surface area contributed by atoms with Crippen molar-refractivity contribution in [2.24, 2.45) is 0 Å². The second kappa shape index (κ2) is 6.05. The maximum atomic E-state index is 6.27. The quantitative estimate of drug-likeness (QED) is 0.262. The Kier molecular flexibility index (Phi) is 3.14. The first-order valence-corrected chi connectivity index (χ1v) is 11.2. The molecule has 0 N–H and O–H groups in total. The van der Waals surface area contributed by atoms with Gasteiger partial charge in [-0.3, -0.25) is 0 Å². The fourth-order valence-corrected chi connectivity index (χ4v) is 5.54. The van der Waals surface area contributed by atoms with Crippen LogP contribution in [-0.4, -0.2) is 9.13 Å². The molecule has 0 saturated carbocycles. The minimum Gasteiger partial charge on any atom is -0.453 e. The first-order chi connectivity index (χ1) is 16.4. The molecule has 5 aromatic carbocycles. The summed E-state index contributed by atoms with van der Waals surface area (Å²) >= 11 is 0. The molecule has 0 radical (unpaired) electrons. The van der Waals surface area contributed by atoms with Crippen molar-refractivity contribution in [1.29, 1.82) is 0 Å². The third kappa shape index (κ3) is 2.14. The second-order valence-electron chi connectivity index (χ2n) is 8.63. The van der Waals surface area contributed by atoms with E-state index in [1.54, 1.807) is 0 Å². The number of hydrogen-bond donors (Lipinski definition) is 0. The van der Waals surface area contributed by atoms with Gasteiger partial charge in [-0.05, 0) is 48.5 Å². The average Bonchev–Trinajstić information content (AvgIpc) is 3.38. The van der Waals surface area contributed by atoms with Gasteiger partial charge in [-0.1, -0.05) is 60.7 Å². The van der Waals surface area contributed by atoms with Gasteiger partial charge < -0.3 is 13.9 Å². The summed E-state index contributed by atoms with van der Waals surface area (Å²) in [6, 6.07) is 38.7. The minimum absolute atomic E-state index is 0.890. The summed E-state index contributed by atoms with van der Waals surface area (Å²) in [7, 11) is 0. The van der Waals surface area contributed by atoms with Crippen LogP contribution >= 0.6 is 0 Å². The normalized spacial score (nSPS) is 12.5. The van der Waals surface area contributed by atoms with Gasteiger partial charge in [-0.25, -0.2) is 0 Å². The standard InChI is InChI=1S/C30H18N2O/c1-3-11-24-20(8-1)21-9-2-4-12-25(21)31(24)19-16-17-26-23(18-19)22-10-7-15-29-30(22)32(26)27-13-5-6-14-28(27)33-29/h1-18H. The van der Waals surface area contributed by atoms with Crippen LogP contribution in [0.1, 0.15) is 0 Å². The average molecular weight is 422 g/mol. The molecule has 154 valence electrons. The van der Waals surface area contributed by atoms with E-state index in [4.69, 9.17) is 4.74 Å². The van der Waals surface area contributed by atoms with Crippen LogP contribution in [0.4, 0.5) is 0 Å². The van der Waals surface area contributed by atoms with Crippen molar-refractivity contribution in [3.63, 3.8) is 0 Å². The maximum Gasteiger partial charge on any atom is 0.152 e. The topological polar surface area (TPSA) is 19.1 Å². The predicted octanol–water partition coefficient (Wildman–Crippen LogP) is 7.99. The lowest BCUT2D eigenvalue weighted by molar-refractivity contribution is 0.476. The molecule has 0 amide bonds. The van der Waals surface area contributed by atoms with Crippen molar-refractivity contribution in [3.05, 3.63) is 109 Å². The van der Waals surface area contributed by atoms with Crippen LogP contribution in [0.25, 0.3) is 55.0 Å². The van der Waals surface area contributed by atoms with Crippen LogP contribution in [0.2, 0.25) is 0 Å². The van der Waals surface area contributed by atoms with E-state index in [1.807, 2.05) is 12.1 Å². The van der Waals surface area contributed by atoms with Gasteiger partial charge in [0, 0.05) is 27.2 Å². The number of rotatable bonds is 1. The number of benzene rings is 5. The van der Waals surface area contributed by atoms with Gasteiger partial charge >= 0.3 is 0 Å². The Bertz CT molecular complexity index is 1850.